The van der Waals surface area contributed by atoms with Gasteiger partial charge >= 0.3 is 0 Å². The average Bonchev–Trinajstić information content (AvgIpc) is 2.74. The van der Waals surface area contributed by atoms with Crippen molar-refractivity contribution in [3.63, 3.8) is 0 Å². The zero-order chi connectivity index (χ0) is 12.1. The molecule has 3 nitrogen and oxygen atoms in total. The van der Waals surface area contributed by atoms with E-state index in [-0.39, 0.29) is 25.6 Å². The Morgan fingerprint density at radius 2 is 1.72 bits per heavy atom. The first-order chi connectivity index (χ1) is 8.35. The molecule has 0 fully saturated rings. The Kier molecular flexibility index (Phi) is 6.60. The van der Waals surface area contributed by atoms with E-state index in [2.05, 4.69) is 22.4 Å². The molecule has 0 saturated carbocycles. The molecule has 0 unspecified atom stereocenters. The third-order valence-corrected chi connectivity index (χ3v) is 3.80. The number of nitrogens with zero attached hydrogens (tertiary/aromatic N) is 1. The van der Waals surface area contributed by atoms with Crippen LogP contribution >= 0.6 is 23.7 Å². The van der Waals surface area contributed by atoms with Crippen molar-refractivity contribution in [2.45, 2.75) is 6.54 Å². The van der Waals surface area contributed by atoms with Crippen LogP contribution in [0.3, 0.4) is 0 Å². The van der Waals surface area contributed by atoms with Gasteiger partial charge in [0.05, 0.1) is 13.2 Å². The molecule has 1 aromatic heterocycles. The molecule has 2 rings (SSSR count). The lowest BCUT2D eigenvalue weighted by atomic mass is 10.1. The van der Waals surface area contributed by atoms with Crippen LogP contribution < -0.4 is 0 Å². The van der Waals surface area contributed by atoms with Gasteiger partial charge in [-0.3, -0.25) is 4.90 Å². The van der Waals surface area contributed by atoms with Crippen molar-refractivity contribution in [1.29, 1.82) is 0 Å². The number of hydrogen-bond acceptors (Lipinski definition) is 4. The normalized spacial score (nSPS) is 10.8. The summed E-state index contributed by atoms with van der Waals surface area (Å²) in [6.45, 7) is 2.24. The van der Waals surface area contributed by atoms with E-state index in [1.807, 2.05) is 12.1 Å². The van der Waals surface area contributed by atoms with Crippen LogP contribution in [0.1, 0.15) is 5.56 Å². The van der Waals surface area contributed by atoms with E-state index in [9.17, 15) is 0 Å². The molecule has 0 aliphatic carbocycles. The van der Waals surface area contributed by atoms with Crippen LogP contribution in [-0.2, 0) is 6.54 Å². The van der Waals surface area contributed by atoms with Gasteiger partial charge in [0.25, 0.3) is 0 Å². The molecule has 0 atom stereocenters. The van der Waals surface area contributed by atoms with E-state index in [0.717, 1.165) is 6.54 Å². The maximum absolute atomic E-state index is 8.98. The van der Waals surface area contributed by atoms with Crippen molar-refractivity contribution in [3.05, 3.63) is 35.2 Å². The Balaban J connectivity index is 0.00000162. The van der Waals surface area contributed by atoms with Crippen molar-refractivity contribution < 1.29 is 10.2 Å². The average molecular weight is 288 g/mol. The summed E-state index contributed by atoms with van der Waals surface area (Å²) in [5.74, 6) is 0. The number of hydrogen-bond donors (Lipinski definition) is 2. The monoisotopic (exact) mass is 287 g/mol. The van der Waals surface area contributed by atoms with Crippen LogP contribution in [-0.4, -0.2) is 41.4 Å². The smallest absolute Gasteiger partial charge is 0.0558 e. The molecule has 100 valence electrons. The van der Waals surface area contributed by atoms with Crippen LogP contribution in [0.2, 0.25) is 0 Å². The molecule has 1 aromatic carbocycles. The van der Waals surface area contributed by atoms with E-state index >= 15 is 0 Å². The predicted molar refractivity (Wildman–Crippen MR) is 78.5 cm³/mol. The zero-order valence-corrected chi connectivity index (χ0v) is 11.7. The lowest BCUT2D eigenvalue weighted by Gasteiger charge is -2.19. The molecule has 1 heterocycles. The fraction of sp³-hybridized carbons (Fsp3) is 0.385. The topological polar surface area (TPSA) is 43.7 Å². The van der Waals surface area contributed by atoms with Gasteiger partial charge < -0.3 is 10.2 Å². The highest BCUT2D eigenvalue weighted by Crippen LogP contribution is 2.26. The number of thiophene rings is 1. The Morgan fingerprint density at radius 1 is 1.06 bits per heavy atom. The van der Waals surface area contributed by atoms with Crippen LogP contribution in [0.5, 0.6) is 0 Å². The summed E-state index contributed by atoms with van der Waals surface area (Å²) in [7, 11) is 0. The van der Waals surface area contributed by atoms with Gasteiger partial charge in [-0.15, -0.1) is 23.7 Å². The van der Waals surface area contributed by atoms with Crippen molar-refractivity contribution >= 4 is 33.8 Å². The standard InChI is InChI=1S/C13H17NO2S.ClH/c15-7-5-14(6-8-16)9-11-10-17-13-4-2-1-3-12(11)13;/h1-4,10,15-16H,5-9H2;1H. The molecular formula is C13H18ClNO2S. The Labute approximate surface area is 117 Å². The van der Waals surface area contributed by atoms with E-state index < -0.39 is 0 Å². The summed E-state index contributed by atoms with van der Waals surface area (Å²) >= 11 is 1.74. The van der Waals surface area contributed by atoms with Crippen LogP contribution in [0.25, 0.3) is 10.1 Å². The molecule has 0 radical (unpaired) electrons. The van der Waals surface area contributed by atoms with Crippen molar-refractivity contribution in [3.8, 4) is 0 Å². The van der Waals surface area contributed by atoms with Gasteiger partial charge in [0, 0.05) is 24.3 Å². The molecule has 5 heteroatoms. The molecule has 0 aliphatic rings. The molecule has 2 aromatic rings. The molecule has 2 N–H and O–H groups in total. The maximum Gasteiger partial charge on any atom is 0.0558 e. The van der Waals surface area contributed by atoms with Gasteiger partial charge in [-0.05, 0) is 22.4 Å². The highest BCUT2D eigenvalue weighted by Gasteiger charge is 2.08. The quantitative estimate of drug-likeness (QED) is 0.855. The maximum atomic E-state index is 8.98. The number of rotatable bonds is 6. The highest BCUT2D eigenvalue weighted by atomic mass is 35.5. The minimum Gasteiger partial charge on any atom is -0.395 e. The van der Waals surface area contributed by atoms with Gasteiger partial charge in [-0.2, -0.15) is 0 Å². The molecule has 0 spiro atoms. The molecule has 18 heavy (non-hydrogen) atoms. The van der Waals surface area contributed by atoms with E-state index in [0.29, 0.717) is 13.1 Å². The fourth-order valence-corrected chi connectivity index (χ4v) is 2.90. The minimum absolute atomic E-state index is 0. The summed E-state index contributed by atoms with van der Waals surface area (Å²) in [4.78, 5) is 2.06. The Bertz CT molecular complexity index is 469. The summed E-state index contributed by atoms with van der Waals surface area (Å²) in [6.07, 6.45) is 0. The van der Waals surface area contributed by atoms with E-state index in [4.69, 9.17) is 10.2 Å². The number of fused-ring (bicyclic) bond motifs is 1. The SMILES string of the molecule is Cl.OCCN(CCO)Cc1csc2ccccc12. The Morgan fingerprint density at radius 3 is 2.39 bits per heavy atom. The number of aliphatic hydroxyl groups is 2. The zero-order valence-electron chi connectivity index (χ0n) is 10.1. The van der Waals surface area contributed by atoms with Crippen molar-refractivity contribution in [2.24, 2.45) is 0 Å². The van der Waals surface area contributed by atoms with Crippen LogP contribution in [0.4, 0.5) is 0 Å². The van der Waals surface area contributed by atoms with Gasteiger partial charge in [-0.1, -0.05) is 18.2 Å². The molecular weight excluding hydrogens is 270 g/mol. The highest BCUT2D eigenvalue weighted by molar-refractivity contribution is 7.17. The van der Waals surface area contributed by atoms with Crippen LogP contribution in [0, 0.1) is 0 Å². The summed E-state index contributed by atoms with van der Waals surface area (Å²) in [5, 5.41) is 21.4. The van der Waals surface area contributed by atoms with Crippen molar-refractivity contribution in [2.75, 3.05) is 26.3 Å². The van der Waals surface area contributed by atoms with Gasteiger partial charge in [-0.25, -0.2) is 0 Å². The molecule has 0 bridgehead atoms. The van der Waals surface area contributed by atoms with Gasteiger partial charge in [0.1, 0.15) is 0 Å². The third-order valence-electron chi connectivity index (χ3n) is 2.79. The van der Waals surface area contributed by atoms with Crippen LogP contribution in [0.15, 0.2) is 29.6 Å². The summed E-state index contributed by atoms with van der Waals surface area (Å²) < 4.78 is 1.29. The lowest BCUT2D eigenvalue weighted by molar-refractivity contribution is 0.156. The number of aliphatic hydroxyl groups excluding tert-OH is 2. The second kappa shape index (κ2) is 7.71. The third kappa shape index (κ3) is 3.67. The Hall–Kier alpha value is -0.650. The second-order valence-electron chi connectivity index (χ2n) is 3.98. The first-order valence-corrected chi connectivity index (χ1v) is 6.62. The number of halogens is 1. The molecule has 0 saturated heterocycles. The first kappa shape index (κ1) is 15.4. The second-order valence-corrected chi connectivity index (χ2v) is 4.89. The van der Waals surface area contributed by atoms with Gasteiger partial charge in [0.2, 0.25) is 0 Å². The molecule has 0 amide bonds. The summed E-state index contributed by atoms with van der Waals surface area (Å²) in [6, 6.07) is 8.33. The largest absolute Gasteiger partial charge is 0.395 e. The van der Waals surface area contributed by atoms with E-state index in [1.165, 1.54) is 15.6 Å². The lowest BCUT2D eigenvalue weighted by Crippen LogP contribution is -2.29. The molecule has 0 aliphatic heterocycles. The predicted octanol–water partition coefficient (Wildman–Crippen LogP) is 2.11. The summed E-state index contributed by atoms with van der Waals surface area (Å²) in [5.41, 5.74) is 1.27. The van der Waals surface area contributed by atoms with Crippen molar-refractivity contribution in [1.82, 2.24) is 4.90 Å². The number of benzene rings is 1. The minimum atomic E-state index is 0. The van der Waals surface area contributed by atoms with Gasteiger partial charge in [0.15, 0.2) is 0 Å². The van der Waals surface area contributed by atoms with E-state index in [1.54, 1.807) is 11.3 Å². The fourth-order valence-electron chi connectivity index (χ4n) is 1.95. The first-order valence-electron chi connectivity index (χ1n) is 5.74.